The highest BCUT2D eigenvalue weighted by molar-refractivity contribution is 5.55. The number of hydrogen-bond donors (Lipinski definition) is 0. The second kappa shape index (κ2) is 5.54. The summed E-state index contributed by atoms with van der Waals surface area (Å²) >= 11 is 0. The van der Waals surface area contributed by atoms with Crippen LogP contribution in [0.5, 0.6) is 17.2 Å². The molecule has 0 fully saturated rings. The molecule has 0 spiro atoms. The van der Waals surface area contributed by atoms with Crippen LogP contribution in [0.25, 0.3) is 0 Å². The van der Waals surface area contributed by atoms with Gasteiger partial charge >= 0.3 is 0 Å². The highest BCUT2D eigenvalue weighted by Gasteiger charge is 2.22. The van der Waals surface area contributed by atoms with E-state index in [9.17, 15) is 0 Å². The maximum atomic E-state index is 5.51. The molecule has 2 aliphatic rings. The van der Waals surface area contributed by atoms with Gasteiger partial charge in [-0.25, -0.2) is 0 Å². The molecule has 0 radical (unpaired) electrons. The van der Waals surface area contributed by atoms with E-state index in [-0.39, 0.29) is 6.79 Å². The smallest absolute Gasteiger partial charge is 0.231 e. The Balaban J connectivity index is 1.55. The van der Waals surface area contributed by atoms with Gasteiger partial charge in [0.1, 0.15) is 0 Å². The maximum absolute atomic E-state index is 5.51. The number of methoxy groups -OCH3 is 1. The number of ether oxygens (including phenoxy) is 3. The lowest BCUT2D eigenvalue weighted by Gasteiger charge is -2.28. The normalized spacial score (nSPS) is 16.4. The first-order chi connectivity index (χ1) is 10.8. The molecule has 4 heteroatoms. The summed E-state index contributed by atoms with van der Waals surface area (Å²) in [5.74, 6) is 2.25. The molecule has 0 atom stereocenters. The van der Waals surface area contributed by atoms with Crippen LogP contribution in [0.3, 0.4) is 0 Å². The molecule has 2 aromatic carbocycles. The molecule has 0 saturated heterocycles. The minimum Gasteiger partial charge on any atom is -0.493 e. The van der Waals surface area contributed by atoms with Crippen LogP contribution in [-0.4, -0.2) is 25.3 Å². The van der Waals surface area contributed by atoms with Crippen molar-refractivity contribution < 1.29 is 14.2 Å². The lowest BCUT2D eigenvalue weighted by Crippen LogP contribution is -2.29. The summed E-state index contributed by atoms with van der Waals surface area (Å²) in [6, 6.07) is 12.8. The molecule has 2 aliphatic heterocycles. The standard InChI is InChI=1S/C18H19NO3/c1-20-16-8-13(9-17-18(16)22-12-21-17)10-19-7-6-14-4-2-3-5-15(14)11-19/h2-5,8-9H,6-7,10-12H2,1H3. The van der Waals surface area contributed by atoms with E-state index >= 15 is 0 Å². The third-order valence-electron chi connectivity index (χ3n) is 4.33. The van der Waals surface area contributed by atoms with E-state index in [2.05, 4.69) is 35.2 Å². The Bertz CT molecular complexity index is 699. The van der Waals surface area contributed by atoms with Crippen molar-refractivity contribution in [2.24, 2.45) is 0 Å². The third kappa shape index (κ3) is 2.40. The number of hydrogen-bond acceptors (Lipinski definition) is 4. The van der Waals surface area contributed by atoms with Gasteiger partial charge in [0.05, 0.1) is 7.11 Å². The predicted molar refractivity (Wildman–Crippen MR) is 83.4 cm³/mol. The van der Waals surface area contributed by atoms with Crippen LogP contribution in [0.4, 0.5) is 0 Å². The molecule has 0 aromatic heterocycles. The van der Waals surface area contributed by atoms with Gasteiger partial charge in [-0.05, 0) is 35.2 Å². The summed E-state index contributed by atoms with van der Waals surface area (Å²) in [7, 11) is 1.66. The molecule has 4 rings (SSSR count). The highest BCUT2D eigenvalue weighted by Crippen LogP contribution is 2.42. The van der Waals surface area contributed by atoms with Gasteiger partial charge in [-0.15, -0.1) is 0 Å². The molecule has 0 saturated carbocycles. The molecule has 4 nitrogen and oxygen atoms in total. The molecular formula is C18H19NO3. The Hall–Kier alpha value is -2.20. The van der Waals surface area contributed by atoms with Crippen molar-refractivity contribution in [2.45, 2.75) is 19.5 Å². The van der Waals surface area contributed by atoms with E-state index in [1.54, 1.807) is 7.11 Å². The molecule has 0 unspecified atom stereocenters. The fourth-order valence-corrected chi connectivity index (χ4v) is 3.22. The first-order valence-corrected chi connectivity index (χ1v) is 7.59. The topological polar surface area (TPSA) is 30.9 Å². The van der Waals surface area contributed by atoms with Crippen molar-refractivity contribution >= 4 is 0 Å². The second-order valence-corrected chi connectivity index (χ2v) is 5.76. The summed E-state index contributed by atoms with van der Waals surface area (Å²) in [6.45, 7) is 3.23. The molecule has 114 valence electrons. The number of fused-ring (bicyclic) bond motifs is 2. The zero-order valence-corrected chi connectivity index (χ0v) is 12.7. The van der Waals surface area contributed by atoms with Crippen LogP contribution in [0.1, 0.15) is 16.7 Å². The maximum Gasteiger partial charge on any atom is 0.231 e. The molecule has 2 heterocycles. The van der Waals surface area contributed by atoms with E-state index in [1.165, 1.54) is 16.7 Å². The molecule has 22 heavy (non-hydrogen) atoms. The second-order valence-electron chi connectivity index (χ2n) is 5.76. The lowest BCUT2D eigenvalue weighted by molar-refractivity contribution is 0.171. The Morgan fingerprint density at radius 1 is 1.14 bits per heavy atom. The zero-order chi connectivity index (χ0) is 14.9. The fraction of sp³-hybridized carbons (Fsp3) is 0.333. The van der Waals surface area contributed by atoms with Gasteiger partial charge < -0.3 is 14.2 Å². The van der Waals surface area contributed by atoms with Gasteiger partial charge in [-0.3, -0.25) is 4.90 Å². The molecule has 0 N–H and O–H groups in total. The first-order valence-electron chi connectivity index (χ1n) is 7.59. The highest BCUT2D eigenvalue weighted by atomic mass is 16.7. The number of rotatable bonds is 3. The summed E-state index contributed by atoms with van der Waals surface area (Å²) in [4.78, 5) is 2.46. The van der Waals surface area contributed by atoms with Crippen molar-refractivity contribution in [3.8, 4) is 17.2 Å². The summed E-state index contributed by atoms with van der Waals surface area (Å²) in [5.41, 5.74) is 4.10. The quantitative estimate of drug-likeness (QED) is 0.871. The van der Waals surface area contributed by atoms with Crippen molar-refractivity contribution in [2.75, 3.05) is 20.4 Å². The van der Waals surface area contributed by atoms with Crippen LogP contribution in [-0.2, 0) is 19.5 Å². The molecule has 2 aromatic rings. The van der Waals surface area contributed by atoms with E-state index in [4.69, 9.17) is 14.2 Å². The molecule has 0 bridgehead atoms. The first kappa shape index (κ1) is 13.5. The predicted octanol–water partition coefficient (Wildman–Crippen LogP) is 2.98. The third-order valence-corrected chi connectivity index (χ3v) is 4.33. The number of nitrogens with zero attached hydrogens (tertiary/aromatic N) is 1. The van der Waals surface area contributed by atoms with Crippen molar-refractivity contribution in [3.63, 3.8) is 0 Å². The van der Waals surface area contributed by atoms with Gasteiger partial charge in [-0.1, -0.05) is 24.3 Å². The minimum atomic E-state index is 0.270. The van der Waals surface area contributed by atoms with Crippen molar-refractivity contribution in [1.82, 2.24) is 4.90 Å². The zero-order valence-electron chi connectivity index (χ0n) is 12.7. The van der Waals surface area contributed by atoms with Gasteiger partial charge in [0.15, 0.2) is 11.5 Å². The summed E-state index contributed by atoms with van der Waals surface area (Å²) in [6.07, 6.45) is 1.11. The monoisotopic (exact) mass is 297 g/mol. The molecular weight excluding hydrogens is 278 g/mol. The Morgan fingerprint density at radius 3 is 2.86 bits per heavy atom. The Morgan fingerprint density at radius 2 is 2.00 bits per heavy atom. The van der Waals surface area contributed by atoms with E-state index in [0.717, 1.165) is 43.3 Å². The average molecular weight is 297 g/mol. The lowest BCUT2D eigenvalue weighted by atomic mass is 9.99. The van der Waals surface area contributed by atoms with Crippen LogP contribution in [0.15, 0.2) is 36.4 Å². The van der Waals surface area contributed by atoms with Crippen molar-refractivity contribution in [1.29, 1.82) is 0 Å². The Labute approximate surface area is 130 Å². The molecule has 0 amide bonds. The average Bonchev–Trinajstić information content (AvgIpc) is 3.02. The van der Waals surface area contributed by atoms with E-state index in [0.29, 0.717) is 0 Å². The van der Waals surface area contributed by atoms with Crippen LogP contribution in [0, 0.1) is 0 Å². The van der Waals surface area contributed by atoms with Crippen LogP contribution in [0.2, 0.25) is 0 Å². The number of benzene rings is 2. The van der Waals surface area contributed by atoms with E-state index in [1.807, 2.05) is 6.07 Å². The minimum absolute atomic E-state index is 0.270. The summed E-state index contributed by atoms with van der Waals surface area (Å²) in [5, 5.41) is 0. The van der Waals surface area contributed by atoms with Gasteiger partial charge in [0, 0.05) is 19.6 Å². The van der Waals surface area contributed by atoms with Gasteiger partial charge in [0.2, 0.25) is 12.5 Å². The summed E-state index contributed by atoms with van der Waals surface area (Å²) < 4.78 is 16.4. The fourth-order valence-electron chi connectivity index (χ4n) is 3.22. The van der Waals surface area contributed by atoms with Crippen LogP contribution < -0.4 is 14.2 Å². The SMILES string of the molecule is COc1cc(CN2CCc3ccccc3C2)cc2c1OCO2. The molecule has 0 aliphatic carbocycles. The Kier molecular flexibility index (Phi) is 3.39. The van der Waals surface area contributed by atoms with Gasteiger partial charge in [-0.2, -0.15) is 0 Å². The van der Waals surface area contributed by atoms with Crippen LogP contribution >= 0.6 is 0 Å². The van der Waals surface area contributed by atoms with Gasteiger partial charge in [0.25, 0.3) is 0 Å². The largest absolute Gasteiger partial charge is 0.493 e. The van der Waals surface area contributed by atoms with E-state index < -0.39 is 0 Å². The van der Waals surface area contributed by atoms with Crippen molar-refractivity contribution in [3.05, 3.63) is 53.1 Å².